The summed E-state index contributed by atoms with van der Waals surface area (Å²) in [5.41, 5.74) is -0.000774. The van der Waals surface area contributed by atoms with Crippen LogP contribution in [0.25, 0.3) is 0 Å². The number of rotatable bonds is 3. The van der Waals surface area contributed by atoms with Crippen molar-refractivity contribution in [1.82, 2.24) is 10.1 Å². The van der Waals surface area contributed by atoms with Crippen molar-refractivity contribution in [2.45, 2.75) is 19.3 Å². The van der Waals surface area contributed by atoms with E-state index in [4.69, 9.17) is 9.63 Å². The summed E-state index contributed by atoms with van der Waals surface area (Å²) in [5, 5.41) is 12.2. The molecule has 1 aliphatic rings. The molecule has 2 heterocycles. The highest BCUT2D eigenvalue weighted by Gasteiger charge is 2.20. The zero-order valence-electron chi connectivity index (χ0n) is 9.35. The smallest absolute Gasteiger partial charge is 0.358 e. The fourth-order valence-electron chi connectivity index (χ4n) is 2.23. The Balaban J connectivity index is 1.95. The maximum Gasteiger partial charge on any atom is 0.358 e. The number of hydrogen-bond acceptors (Lipinski definition) is 4. The molecule has 1 aromatic heterocycles. The van der Waals surface area contributed by atoms with Crippen molar-refractivity contribution in [2.75, 3.05) is 20.1 Å². The molecule has 1 saturated heterocycles. The monoisotopic (exact) mass is 224 g/mol. The third kappa shape index (κ3) is 2.61. The van der Waals surface area contributed by atoms with E-state index in [0.29, 0.717) is 11.7 Å². The summed E-state index contributed by atoms with van der Waals surface area (Å²) in [7, 11) is 2.11. The highest BCUT2D eigenvalue weighted by molar-refractivity contribution is 5.85. The van der Waals surface area contributed by atoms with Crippen LogP contribution >= 0.6 is 0 Å². The van der Waals surface area contributed by atoms with E-state index < -0.39 is 5.97 Å². The van der Waals surface area contributed by atoms with Crippen molar-refractivity contribution in [3.05, 3.63) is 17.5 Å². The lowest BCUT2D eigenvalue weighted by Crippen LogP contribution is -2.32. The van der Waals surface area contributed by atoms with Gasteiger partial charge in [0.1, 0.15) is 5.76 Å². The van der Waals surface area contributed by atoms with Gasteiger partial charge in [0, 0.05) is 19.0 Å². The minimum absolute atomic E-state index is 0.000774. The number of carboxylic acid groups (broad SMARTS) is 1. The van der Waals surface area contributed by atoms with Gasteiger partial charge in [-0.15, -0.1) is 0 Å². The summed E-state index contributed by atoms with van der Waals surface area (Å²) in [5.74, 6) is 0.196. The summed E-state index contributed by atoms with van der Waals surface area (Å²) < 4.78 is 5.01. The second kappa shape index (κ2) is 4.65. The van der Waals surface area contributed by atoms with Crippen molar-refractivity contribution >= 4 is 5.97 Å². The standard InChI is InChI=1S/C11H16N2O3/c1-13-4-2-3-8(7-13)5-9-6-10(11(14)15)12-16-9/h6,8H,2-5,7H2,1H3,(H,14,15). The minimum Gasteiger partial charge on any atom is -0.476 e. The van der Waals surface area contributed by atoms with E-state index in [-0.39, 0.29) is 5.69 Å². The van der Waals surface area contributed by atoms with E-state index in [2.05, 4.69) is 17.1 Å². The molecule has 0 aromatic carbocycles. The van der Waals surface area contributed by atoms with Crippen LogP contribution in [0, 0.1) is 5.92 Å². The number of nitrogens with zero attached hydrogens (tertiary/aromatic N) is 2. The summed E-state index contributed by atoms with van der Waals surface area (Å²) >= 11 is 0. The zero-order chi connectivity index (χ0) is 11.5. The number of piperidine rings is 1. The molecule has 0 saturated carbocycles. The van der Waals surface area contributed by atoms with Gasteiger partial charge in [-0.05, 0) is 32.4 Å². The van der Waals surface area contributed by atoms with Crippen LogP contribution < -0.4 is 0 Å². The lowest BCUT2D eigenvalue weighted by molar-refractivity contribution is 0.0685. The molecule has 5 nitrogen and oxygen atoms in total. The predicted octanol–water partition coefficient (Wildman–Crippen LogP) is 1.26. The van der Waals surface area contributed by atoms with Gasteiger partial charge in [-0.1, -0.05) is 5.16 Å². The normalized spacial score (nSPS) is 22.2. The molecule has 0 bridgehead atoms. The van der Waals surface area contributed by atoms with Crippen molar-refractivity contribution in [2.24, 2.45) is 5.92 Å². The molecule has 88 valence electrons. The molecule has 2 rings (SSSR count). The van der Waals surface area contributed by atoms with E-state index in [1.807, 2.05) is 0 Å². The van der Waals surface area contributed by atoms with Gasteiger partial charge in [-0.25, -0.2) is 4.79 Å². The molecular weight excluding hydrogens is 208 g/mol. The van der Waals surface area contributed by atoms with Crippen LogP contribution in [0.3, 0.4) is 0 Å². The molecule has 0 aliphatic carbocycles. The topological polar surface area (TPSA) is 66.6 Å². The zero-order valence-corrected chi connectivity index (χ0v) is 9.35. The minimum atomic E-state index is -1.03. The van der Waals surface area contributed by atoms with Crippen LogP contribution in [0.4, 0.5) is 0 Å². The molecule has 1 unspecified atom stereocenters. The van der Waals surface area contributed by atoms with Crippen molar-refractivity contribution < 1.29 is 14.4 Å². The van der Waals surface area contributed by atoms with E-state index in [0.717, 1.165) is 19.5 Å². The fraction of sp³-hybridized carbons (Fsp3) is 0.636. The maximum absolute atomic E-state index is 10.6. The maximum atomic E-state index is 10.6. The SMILES string of the molecule is CN1CCCC(Cc2cc(C(=O)O)no2)C1. The molecule has 16 heavy (non-hydrogen) atoms. The number of hydrogen-bond donors (Lipinski definition) is 1. The molecule has 0 radical (unpaired) electrons. The predicted molar refractivity (Wildman–Crippen MR) is 57.4 cm³/mol. The summed E-state index contributed by atoms with van der Waals surface area (Å²) in [6, 6.07) is 1.52. The Hall–Kier alpha value is -1.36. The molecular formula is C11H16N2O3. The summed E-state index contributed by atoms with van der Waals surface area (Å²) in [6.07, 6.45) is 3.15. The van der Waals surface area contributed by atoms with E-state index in [1.54, 1.807) is 0 Å². The largest absolute Gasteiger partial charge is 0.476 e. The number of carboxylic acids is 1. The van der Waals surface area contributed by atoms with Gasteiger partial charge >= 0.3 is 5.97 Å². The second-order valence-corrected chi connectivity index (χ2v) is 4.46. The average molecular weight is 224 g/mol. The van der Waals surface area contributed by atoms with Crippen LogP contribution in [0.15, 0.2) is 10.6 Å². The quantitative estimate of drug-likeness (QED) is 0.837. The highest BCUT2D eigenvalue weighted by Crippen LogP contribution is 2.20. The van der Waals surface area contributed by atoms with Gasteiger partial charge in [0.05, 0.1) is 0 Å². The first-order valence-corrected chi connectivity index (χ1v) is 5.52. The van der Waals surface area contributed by atoms with E-state index >= 15 is 0 Å². The number of aromatic carboxylic acids is 1. The average Bonchev–Trinajstić information content (AvgIpc) is 2.66. The third-order valence-corrected chi connectivity index (χ3v) is 2.99. The fourth-order valence-corrected chi connectivity index (χ4v) is 2.23. The Morgan fingerprint density at radius 2 is 2.56 bits per heavy atom. The van der Waals surface area contributed by atoms with Gasteiger partial charge in [0.2, 0.25) is 0 Å². The molecule has 1 aromatic rings. The first-order chi connectivity index (χ1) is 7.65. The molecule has 1 aliphatic heterocycles. The first-order valence-electron chi connectivity index (χ1n) is 5.52. The van der Waals surface area contributed by atoms with Crippen molar-refractivity contribution in [1.29, 1.82) is 0 Å². The van der Waals surface area contributed by atoms with E-state index in [1.165, 1.54) is 18.9 Å². The Labute approximate surface area is 94.0 Å². The highest BCUT2D eigenvalue weighted by atomic mass is 16.5. The van der Waals surface area contributed by atoms with E-state index in [9.17, 15) is 4.79 Å². The first kappa shape index (κ1) is 11.1. The van der Waals surface area contributed by atoms with Gasteiger partial charge < -0.3 is 14.5 Å². The Morgan fingerprint density at radius 3 is 3.19 bits per heavy atom. The van der Waals surface area contributed by atoms with Gasteiger partial charge in [0.25, 0.3) is 0 Å². The van der Waals surface area contributed by atoms with Crippen molar-refractivity contribution in [3.63, 3.8) is 0 Å². The second-order valence-electron chi connectivity index (χ2n) is 4.46. The Morgan fingerprint density at radius 1 is 1.75 bits per heavy atom. The van der Waals surface area contributed by atoms with Crippen molar-refractivity contribution in [3.8, 4) is 0 Å². The molecule has 1 atom stereocenters. The number of likely N-dealkylation sites (tertiary alicyclic amines) is 1. The molecule has 0 amide bonds. The van der Waals surface area contributed by atoms with Gasteiger partial charge in [-0.3, -0.25) is 0 Å². The van der Waals surface area contributed by atoms with Crippen LogP contribution in [-0.2, 0) is 6.42 Å². The number of carbonyl (C=O) groups is 1. The van der Waals surface area contributed by atoms with Crippen LogP contribution in [-0.4, -0.2) is 41.3 Å². The summed E-state index contributed by atoms with van der Waals surface area (Å²) in [6.45, 7) is 2.19. The molecule has 1 N–H and O–H groups in total. The van der Waals surface area contributed by atoms with Gasteiger partial charge in [-0.2, -0.15) is 0 Å². The lowest BCUT2D eigenvalue weighted by atomic mass is 9.94. The third-order valence-electron chi connectivity index (χ3n) is 2.99. The lowest BCUT2D eigenvalue weighted by Gasteiger charge is -2.28. The Bertz CT molecular complexity index is 375. The van der Waals surface area contributed by atoms with Crippen LogP contribution in [0.2, 0.25) is 0 Å². The molecule has 1 fully saturated rings. The molecule has 5 heteroatoms. The van der Waals surface area contributed by atoms with Gasteiger partial charge in [0.15, 0.2) is 5.69 Å². The Kier molecular flexibility index (Phi) is 3.24. The van der Waals surface area contributed by atoms with Crippen LogP contribution in [0.1, 0.15) is 29.1 Å². The molecule has 0 spiro atoms. The summed E-state index contributed by atoms with van der Waals surface area (Å²) in [4.78, 5) is 12.9. The number of aromatic nitrogens is 1. The van der Waals surface area contributed by atoms with Crippen LogP contribution in [0.5, 0.6) is 0 Å².